The van der Waals surface area contributed by atoms with Gasteiger partial charge in [-0.3, -0.25) is 9.48 Å². The minimum Gasteiger partial charge on any atom is -0.324 e. The summed E-state index contributed by atoms with van der Waals surface area (Å²) in [5.74, 6) is -0.192. The van der Waals surface area contributed by atoms with Crippen molar-refractivity contribution in [2.45, 2.75) is 19.1 Å². The highest BCUT2D eigenvalue weighted by Gasteiger charge is 2.34. The van der Waals surface area contributed by atoms with Crippen LogP contribution in [0.2, 0.25) is 0 Å². The number of nitrogens with zero attached hydrogens (tertiary/aromatic N) is 4. The quantitative estimate of drug-likeness (QED) is 0.321. The van der Waals surface area contributed by atoms with Crippen molar-refractivity contribution in [3.8, 4) is 16.9 Å². The molecule has 0 bridgehead atoms. The molecule has 3 N–H and O–H groups in total. The van der Waals surface area contributed by atoms with Crippen LogP contribution in [0.5, 0.6) is 0 Å². The summed E-state index contributed by atoms with van der Waals surface area (Å²) in [7, 11) is 1.61. The van der Waals surface area contributed by atoms with Crippen LogP contribution in [0, 0.1) is 0 Å². The minimum atomic E-state index is -4.61. The maximum Gasteiger partial charge on any atom is 0.417 e. The van der Waals surface area contributed by atoms with Crippen molar-refractivity contribution in [2.75, 3.05) is 5.32 Å². The van der Waals surface area contributed by atoms with Gasteiger partial charge < -0.3 is 11.1 Å². The lowest BCUT2D eigenvalue weighted by atomic mass is 10.0. The predicted octanol–water partition coefficient (Wildman–Crippen LogP) is 5.72. The molecule has 37 heavy (non-hydrogen) atoms. The molecule has 1 atom stereocenters. The van der Waals surface area contributed by atoms with Crippen molar-refractivity contribution in [1.29, 1.82) is 0 Å². The van der Waals surface area contributed by atoms with Gasteiger partial charge in [0, 0.05) is 35.8 Å². The Kier molecular flexibility index (Phi) is 6.04. The maximum atomic E-state index is 13.7. The van der Waals surface area contributed by atoms with Gasteiger partial charge >= 0.3 is 6.18 Å². The van der Waals surface area contributed by atoms with E-state index < -0.39 is 17.6 Å². The number of hydrogen-bond acceptors (Lipinski definition) is 4. The zero-order chi connectivity index (χ0) is 26.3. The number of anilines is 1. The molecule has 188 valence electrons. The normalized spacial score (nSPS) is 12.6. The molecule has 0 radical (unpaired) electrons. The highest BCUT2D eigenvalue weighted by atomic mass is 19.4. The van der Waals surface area contributed by atoms with E-state index >= 15 is 0 Å². The van der Waals surface area contributed by atoms with Crippen LogP contribution in [-0.2, 0) is 13.2 Å². The van der Waals surface area contributed by atoms with Gasteiger partial charge in [0.25, 0.3) is 5.91 Å². The Hall–Kier alpha value is -4.44. The topological polar surface area (TPSA) is 90.8 Å². The molecule has 0 saturated heterocycles. The van der Waals surface area contributed by atoms with E-state index in [0.29, 0.717) is 22.4 Å². The lowest BCUT2D eigenvalue weighted by Gasteiger charge is -2.14. The first-order valence-electron chi connectivity index (χ1n) is 11.5. The highest BCUT2D eigenvalue weighted by molar-refractivity contribution is 6.09. The highest BCUT2D eigenvalue weighted by Crippen LogP contribution is 2.37. The fraction of sp³-hybridized carbons (Fsp3) is 0.148. The number of hydrogen-bond donors (Lipinski definition) is 2. The molecule has 2 heterocycles. The molecule has 0 fully saturated rings. The molecule has 1 amide bonds. The molecular formula is C27H23F3N6O. The van der Waals surface area contributed by atoms with Gasteiger partial charge in [0.05, 0.1) is 22.5 Å². The van der Waals surface area contributed by atoms with Gasteiger partial charge in [-0.25, -0.2) is 4.68 Å². The van der Waals surface area contributed by atoms with Crippen molar-refractivity contribution in [1.82, 2.24) is 19.6 Å². The van der Waals surface area contributed by atoms with E-state index in [0.717, 1.165) is 17.7 Å². The number of nitrogens with one attached hydrogen (secondary N) is 1. The summed E-state index contributed by atoms with van der Waals surface area (Å²) >= 11 is 0. The molecule has 7 nitrogen and oxygen atoms in total. The van der Waals surface area contributed by atoms with Gasteiger partial charge in [-0.1, -0.05) is 24.3 Å². The van der Waals surface area contributed by atoms with Gasteiger partial charge in [-0.15, -0.1) is 0 Å². The number of benzene rings is 3. The zero-order valence-corrected chi connectivity index (χ0v) is 20.0. The third-order valence-corrected chi connectivity index (χ3v) is 6.03. The van der Waals surface area contributed by atoms with Gasteiger partial charge in [0.2, 0.25) is 0 Å². The van der Waals surface area contributed by atoms with Gasteiger partial charge in [-0.2, -0.15) is 23.4 Å². The average molecular weight is 505 g/mol. The standard InChI is InChI=1S/C27H23F3N6O/c1-16(31)17-8-10-20-24(15-17)34-36(19-6-4-3-5-7-19)25(20)32-26(37)18-9-11-22(27(28,29)30)21(14-18)23-12-13-35(2)33-23/h3-16H,31H2,1-2H3,(H,32,37)/t16-/m1/s1. The number of para-hydroxylation sites is 1. The number of rotatable bonds is 5. The number of carbonyl (C=O) groups excluding carboxylic acids is 1. The Morgan fingerprint density at radius 1 is 1.00 bits per heavy atom. The minimum absolute atomic E-state index is 0.0508. The summed E-state index contributed by atoms with van der Waals surface area (Å²) in [6, 6.07) is 19.3. The lowest BCUT2D eigenvalue weighted by Crippen LogP contribution is -2.16. The third kappa shape index (κ3) is 4.70. The number of carbonyl (C=O) groups is 1. The van der Waals surface area contributed by atoms with Crippen LogP contribution in [-0.4, -0.2) is 25.5 Å². The van der Waals surface area contributed by atoms with E-state index in [1.807, 2.05) is 55.5 Å². The number of aromatic nitrogens is 4. The van der Waals surface area contributed by atoms with Crippen LogP contribution >= 0.6 is 0 Å². The number of nitrogens with two attached hydrogens (primary N) is 1. The van der Waals surface area contributed by atoms with Crippen molar-refractivity contribution in [3.05, 3.63) is 95.7 Å². The van der Waals surface area contributed by atoms with E-state index in [9.17, 15) is 18.0 Å². The summed E-state index contributed by atoms with van der Waals surface area (Å²) in [4.78, 5) is 13.4. The first kappa shape index (κ1) is 24.3. The molecule has 0 aliphatic heterocycles. The van der Waals surface area contributed by atoms with Crippen LogP contribution in [0.1, 0.15) is 34.5 Å². The number of aryl methyl sites for hydroxylation is 1. The van der Waals surface area contributed by atoms with Crippen LogP contribution < -0.4 is 11.1 Å². The van der Waals surface area contributed by atoms with E-state index in [1.165, 1.54) is 16.8 Å². The lowest BCUT2D eigenvalue weighted by molar-refractivity contribution is -0.137. The van der Waals surface area contributed by atoms with Gasteiger partial charge in [0.1, 0.15) is 5.82 Å². The summed E-state index contributed by atoms with van der Waals surface area (Å²) < 4.78 is 44.2. The summed E-state index contributed by atoms with van der Waals surface area (Å²) in [6.07, 6.45) is -3.06. The van der Waals surface area contributed by atoms with Crippen molar-refractivity contribution < 1.29 is 18.0 Å². The van der Waals surface area contributed by atoms with Crippen molar-refractivity contribution in [3.63, 3.8) is 0 Å². The molecule has 0 saturated carbocycles. The molecule has 0 aliphatic carbocycles. The summed E-state index contributed by atoms with van der Waals surface area (Å²) in [6.45, 7) is 1.86. The fourth-order valence-electron chi connectivity index (χ4n) is 4.15. The molecule has 0 aliphatic rings. The van der Waals surface area contributed by atoms with Gasteiger partial charge in [0.15, 0.2) is 0 Å². The van der Waals surface area contributed by atoms with E-state index in [4.69, 9.17) is 5.73 Å². The Balaban J connectivity index is 1.60. The monoisotopic (exact) mass is 504 g/mol. The number of fused-ring (bicyclic) bond motifs is 1. The number of alkyl halides is 3. The van der Waals surface area contributed by atoms with Crippen molar-refractivity contribution >= 4 is 22.6 Å². The number of amides is 1. The molecule has 0 unspecified atom stereocenters. The first-order chi connectivity index (χ1) is 17.6. The molecular weight excluding hydrogens is 481 g/mol. The SMILES string of the molecule is C[C@@H](N)c1ccc2c(NC(=O)c3ccc(C(F)(F)F)c(-c4ccn(C)n4)c3)n(-c3ccccc3)nc2c1. The Morgan fingerprint density at radius 3 is 2.41 bits per heavy atom. The van der Waals surface area contributed by atoms with Crippen LogP contribution in [0.15, 0.2) is 79.0 Å². The smallest absolute Gasteiger partial charge is 0.324 e. The average Bonchev–Trinajstić information content (AvgIpc) is 3.47. The second-order valence-electron chi connectivity index (χ2n) is 8.75. The second kappa shape index (κ2) is 9.21. The van der Waals surface area contributed by atoms with E-state index in [2.05, 4.69) is 15.5 Å². The number of halogens is 3. The van der Waals surface area contributed by atoms with E-state index in [1.54, 1.807) is 17.9 Å². The Morgan fingerprint density at radius 2 is 1.76 bits per heavy atom. The Bertz CT molecular complexity index is 1600. The molecule has 2 aromatic heterocycles. The van der Waals surface area contributed by atoms with E-state index in [-0.39, 0.29) is 22.9 Å². The van der Waals surface area contributed by atoms with Crippen LogP contribution in [0.3, 0.4) is 0 Å². The van der Waals surface area contributed by atoms with Gasteiger partial charge in [-0.05, 0) is 61.0 Å². The summed E-state index contributed by atoms with van der Waals surface area (Å²) in [5, 5.41) is 12.3. The van der Waals surface area contributed by atoms with Crippen LogP contribution in [0.4, 0.5) is 19.0 Å². The van der Waals surface area contributed by atoms with Crippen molar-refractivity contribution in [2.24, 2.45) is 12.8 Å². The zero-order valence-electron chi connectivity index (χ0n) is 20.0. The van der Waals surface area contributed by atoms with Crippen LogP contribution in [0.25, 0.3) is 27.8 Å². The maximum absolute atomic E-state index is 13.7. The molecule has 5 rings (SSSR count). The molecule has 10 heteroatoms. The Labute approximate surface area is 210 Å². The molecule has 0 spiro atoms. The second-order valence-corrected chi connectivity index (χ2v) is 8.75. The fourth-order valence-corrected chi connectivity index (χ4v) is 4.15. The first-order valence-corrected chi connectivity index (χ1v) is 11.5. The third-order valence-electron chi connectivity index (χ3n) is 6.03. The largest absolute Gasteiger partial charge is 0.417 e. The summed E-state index contributed by atoms with van der Waals surface area (Å²) in [5.41, 5.74) is 7.36. The predicted molar refractivity (Wildman–Crippen MR) is 135 cm³/mol. The molecule has 5 aromatic rings. The molecule has 3 aromatic carbocycles.